The SMILES string of the molecule is Cn1cnnc1CC1(c2cccc(N(CC3c4ccccc4C(=O)N3OC=O)C3(C)CCC3Cl)c2)CC(F)(F)C1. The lowest BCUT2D eigenvalue weighted by Crippen LogP contribution is -2.61. The maximum Gasteiger partial charge on any atom is 0.320 e. The van der Waals surface area contributed by atoms with Crippen LogP contribution in [0, 0.1) is 0 Å². The van der Waals surface area contributed by atoms with Crippen molar-refractivity contribution in [2.75, 3.05) is 11.4 Å². The first-order valence-corrected chi connectivity index (χ1v) is 13.8. The maximum atomic E-state index is 14.4. The summed E-state index contributed by atoms with van der Waals surface area (Å²) in [6, 6.07) is 14.3. The molecule has 11 heteroatoms. The molecule has 3 aromatic rings. The number of aromatic nitrogens is 3. The molecule has 40 heavy (non-hydrogen) atoms. The van der Waals surface area contributed by atoms with Crippen LogP contribution in [0.5, 0.6) is 0 Å². The predicted molar refractivity (Wildman–Crippen MR) is 144 cm³/mol. The highest BCUT2D eigenvalue weighted by Gasteiger charge is 2.58. The van der Waals surface area contributed by atoms with E-state index < -0.39 is 22.9 Å². The van der Waals surface area contributed by atoms with Crippen molar-refractivity contribution in [2.45, 2.75) is 67.3 Å². The number of amides is 1. The van der Waals surface area contributed by atoms with Crippen LogP contribution in [0.4, 0.5) is 14.5 Å². The number of alkyl halides is 3. The van der Waals surface area contributed by atoms with Crippen LogP contribution in [0.3, 0.4) is 0 Å². The van der Waals surface area contributed by atoms with E-state index in [1.807, 2.05) is 43.4 Å². The molecule has 2 heterocycles. The zero-order valence-corrected chi connectivity index (χ0v) is 23.0. The maximum absolute atomic E-state index is 14.4. The molecule has 8 nitrogen and oxygen atoms in total. The predicted octanol–water partition coefficient (Wildman–Crippen LogP) is 4.98. The van der Waals surface area contributed by atoms with Gasteiger partial charge in [-0.15, -0.1) is 21.8 Å². The Balaban J connectivity index is 1.40. The van der Waals surface area contributed by atoms with Crippen LogP contribution < -0.4 is 4.90 Å². The van der Waals surface area contributed by atoms with Crippen molar-refractivity contribution < 1.29 is 23.2 Å². The number of benzene rings is 2. The van der Waals surface area contributed by atoms with E-state index in [1.54, 1.807) is 23.0 Å². The van der Waals surface area contributed by atoms with Gasteiger partial charge >= 0.3 is 6.47 Å². The summed E-state index contributed by atoms with van der Waals surface area (Å²) in [6.45, 7) is 2.62. The van der Waals surface area contributed by atoms with Gasteiger partial charge in [-0.1, -0.05) is 30.3 Å². The van der Waals surface area contributed by atoms with E-state index >= 15 is 0 Å². The average Bonchev–Trinajstić information content (AvgIpc) is 3.45. The third kappa shape index (κ3) is 4.24. The molecule has 3 aliphatic rings. The molecule has 6 rings (SSSR count). The van der Waals surface area contributed by atoms with Crippen LogP contribution in [0.15, 0.2) is 54.9 Å². The van der Waals surface area contributed by atoms with Gasteiger partial charge in [-0.3, -0.25) is 9.59 Å². The molecule has 3 atom stereocenters. The van der Waals surface area contributed by atoms with Crippen molar-refractivity contribution in [3.8, 4) is 0 Å². The van der Waals surface area contributed by atoms with Crippen LogP contribution in [0.25, 0.3) is 0 Å². The normalized spacial score (nSPS) is 26.0. The molecule has 2 aliphatic carbocycles. The van der Waals surface area contributed by atoms with Crippen molar-refractivity contribution in [3.63, 3.8) is 0 Å². The molecule has 1 aromatic heterocycles. The topological polar surface area (TPSA) is 80.6 Å². The lowest BCUT2D eigenvalue weighted by Gasteiger charge is -2.54. The molecule has 1 amide bonds. The summed E-state index contributed by atoms with van der Waals surface area (Å²) in [7, 11) is 1.81. The second-order valence-electron chi connectivity index (χ2n) is 11.5. The number of anilines is 1. The van der Waals surface area contributed by atoms with Crippen molar-refractivity contribution in [1.82, 2.24) is 19.8 Å². The first-order chi connectivity index (χ1) is 19.1. The Morgan fingerprint density at radius 1 is 1.20 bits per heavy atom. The Bertz CT molecular complexity index is 1460. The number of carbonyl (C=O) groups is 2. The summed E-state index contributed by atoms with van der Waals surface area (Å²) in [5.41, 5.74) is 1.57. The number of hydroxylamine groups is 2. The van der Waals surface area contributed by atoms with Gasteiger partial charge in [-0.2, -0.15) is 5.06 Å². The lowest BCUT2D eigenvalue weighted by atomic mass is 9.60. The third-order valence-corrected chi connectivity index (χ3v) is 9.70. The van der Waals surface area contributed by atoms with Gasteiger partial charge in [0.05, 0.1) is 10.9 Å². The van der Waals surface area contributed by atoms with Crippen LogP contribution in [0.1, 0.15) is 66.0 Å². The Morgan fingerprint density at radius 3 is 2.60 bits per heavy atom. The summed E-state index contributed by atoms with van der Waals surface area (Å²) < 4.78 is 30.6. The summed E-state index contributed by atoms with van der Waals surface area (Å²) in [4.78, 5) is 31.8. The number of hydrogen-bond acceptors (Lipinski definition) is 6. The number of carbonyl (C=O) groups excluding carboxylic acids is 2. The van der Waals surface area contributed by atoms with Gasteiger partial charge in [-0.05, 0) is 49.1 Å². The molecular formula is C29H30ClF2N5O3. The lowest BCUT2D eigenvalue weighted by molar-refractivity contribution is -0.167. The van der Waals surface area contributed by atoms with E-state index in [0.29, 0.717) is 24.4 Å². The summed E-state index contributed by atoms with van der Waals surface area (Å²) in [6.07, 6.45) is 2.98. The first-order valence-electron chi connectivity index (χ1n) is 13.3. The van der Waals surface area contributed by atoms with Crippen molar-refractivity contribution in [1.29, 1.82) is 0 Å². The second-order valence-corrected chi connectivity index (χ2v) is 12.0. The van der Waals surface area contributed by atoms with Crippen LogP contribution in [-0.4, -0.2) is 55.6 Å². The van der Waals surface area contributed by atoms with Crippen molar-refractivity contribution in [3.05, 3.63) is 77.4 Å². The number of nitrogens with zero attached hydrogens (tertiary/aromatic N) is 5. The van der Waals surface area contributed by atoms with Crippen molar-refractivity contribution in [2.24, 2.45) is 7.05 Å². The van der Waals surface area contributed by atoms with Gasteiger partial charge in [-0.25, -0.2) is 8.78 Å². The highest BCUT2D eigenvalue weighted by Crippen LogP contribution is 2.56. The molecular weight excluding hydrogens is 540 g/mol. The minimum atomic E-state index is -2.75. The Labute approximate surface area is 235 Å². The number of aryl methyl sites for hydroxylation is 1. The largest absolute Gasteiger partial charge is 0.362 e. The minimum Gasteiger partial charge on any atom is -0.362 e. The zero-order chi connectivity index (χ0) is 28.3. The van der Waals surface area contributed by atoms with Crippen molar-refractivity contribution >= 4 is 29.7 Å². The molecule has 0 bridgehead atoms. The van der Waals surface area contributed by atoms with Gasteiger partial charge in [0.2, 0.25) is 5.92 Å². The monoisotopic (exact) mass is 569 g/mol. The fourth-order valence-electron chi connectivity index (χ4n) is 6.61. The summed E-state index contributed by atoms with van der Waals surface area (Å²) in [5.74, 6) is -2.50. The van der Waals surface area contributed by atoms with E-state index in [2.05, 4.69) is 22.0 Å². The average molecular weight is 570 g/mol. The van der Waals surface area contributed by atoms with Gasteiger partial charge in [0.15, 0.2) is 0 Å². The van der Waals surface area contributed by atoms with E-state index in [9.17, 15) is 18.4 Å². The second kappa shape index (κ2) is 9.54. The first kappa shape index (κ1) is 26.7. The minimum absolute atomic E-state index is 0.162. The quantitative estimate of drug-likeness (QED) is 0.267. The molecule has 210 valence electrons. The summed E-state index contributed by atoms with van der Waals surface area (Å²) in [5, 5.41) is 9.06. The molecule has 1 aliphatic heterocycles. The number of halogens is 3. The third-order valence-electron chi connectivity index (χ3n) is 9.01. The molecule has 2 saturated carbocycles. The van der Waals surface area contributed by atoms with E-state index in [1.165, 1.54) is 0 Å². The molecule has 0 radical (unpaired) electrons. The molecule has 0 saturated heterocycles. The van der Waals surface area contributed by atoms with E-state index in [0.717, 1.165) is 34.7 Å². The standard InChI is InChI=1S/C29H30ClF2N5O3/c1-27(11-10-24(27)30)36(14-23-21-8-3-4-9-22(21)26(39)37(23)40-18-38)20-7-5-6-19(12-20)28(15-29(31,32)16-28)13-25-34-33-17-35(25)2/h3-9,12,17-18,23-24H,10-11,13-16H2,1-2H3. The fourth-order valence-corrected chi connectivity index (χ4v) is 6.95. The molecule has 0 spiro atoms. The molecule has 3 unspecified atom stereocenters. The molecule has 2 fully saturated rings. The number of hydrogen-bond donors (Lipinski definition) is 0. The highest BCUT2D eigenvalue weighted by molar-refractivity contribution is 6.22. The fraction of sp³-hybridized carbons (Fsp3) is 0.448. The van der Waals surface area contributed by atoms with Gasteiger partial charge in [0.1, 0.15) is 18.2 Å². The van der Waals surface area contributed by atoms with Crippen LogP contribution in [-0.2, 0) is 28.5 Å². The van der Waals surface area contributed by atoms with E-state index in [-0.39, 0.29) is 30.6 Å². The van der Waals surface area contributed by atoms with Gasteiger partial charge < -0.3 is 14.3 Å². The van der Waals surface area contributed by atoms with Crippen LogP contribution in [0.2, 0.25) is 0 Å². The Kier molecular flexibility index (Phi) is 6.36. The van der Waals surface area contributed by atoms with E-state index in [4.69, 9.17) is 16.4 Å². The van der Waals surface area contributed by atoms with Gasteiger partial charge in [0.25, 0.3) is 5.91 Å². The molecule has 0 N–H and O–H groups in total. The zero-order valence-electron chi connectivity index (χ0n) is 22.3. The number of rotatable bonds is 9. The molecule has 2 aromatic carbocycles. The number of fused-ring (bicyclic) bond motifs is 1. The summed E-state index contributed by atoms with van der Waals surface area (Å²) >= 11 is 6.80. The smallest absolute Gasteiger partial charge is 0.320 e. The van der Waals surface area contributed by atoms with Gasteiger partial charge in [0, 0.05) is 49.5 Å². The highest BCUT2D eigenvalue weighted by atomic mass is 35.5. The Hall–Kier alpha value is -3.53. The van der Waals surface area contributed by atoms with Crippen LogP contribution >= 0.6 is 11.6 Å². The Morgan fingerprint density at radius 2 is 1.98 bits per heavy atom.